The Kier molecular flexibility index (Phi) is 5.67. The molecule has 3 aliphatic rings. The minimum absolute atomic E-state index is 0.426. The van der Waals surface area contributed by atoms with Crippen LogP contribution in [0.15, 0.2) is 23.8 Å². The third kappa shape index (κ3) is 3.41. The van der Waals surface area contributed by atoms with Crippen LogP contribution in [0, 0.1) is 23.2 Å². The molecule has 0 N–H and O–H groups in total. The molecule has 0 radical (unpaired) electrons. The van der Waals surface area contributed by atoms with Crippen molar-refractivity contribution in [2.75, 3.05) is 0 Å². The summed E-state index contributed by atoms with van der Waals surface area (Å²) in [6.07, 6.45) is 16.5. The number of Topliss-reactive ketones (excluding diaryl/α,β-unsaturated/α-hetero) is 1. The Balaban J connectivity index is 1.71. The number of allylic oxidation sites excluding steroid dienone is 3. The number of carbonyl (C=O) groups excluding carboxylic acids is 1. The molecule has 0 aromatic rings. The predicted molar refractivity (Wildman–Crippen MR) is 102 cm³/mol. The number of hydrogen-bond donors (Lipinski definition) is 0. The standard InChI is InChI=1S/C23H36O/c1-4-5-9-19(24)12-14-20-17(2)10-15-22-21(20)13-11-18-8-6-7-16-23(18,22)3/h4,18,21-22H,1,5-16H2,2-3H3/t18-,21+,22+,23+/m1/s1. The lowest BCUT2D eigenvalue weighted by Crippen LogP contribution is -2.47. The van der Waals surface area contributed by atoms with Crippen molar-refractivity contribution in [2.45, 2.75) is 90.9 Å². The minimum Gasteiger partial charge on any atom is -0.300 e. The summed E-state index contributed by atoms with van der Waals surface area (Å²) in [5.41, 5.74) is 3.88. The van der Waals surface area contributed by atoms with Gasteiger partial charge in [-0.05, 0) is 81.5 Å². The Labute approximate surface area is 149 Å². The fourth-order valence-electron chi connectivity index (χ4n) is 6.29. The molecular weight excluding hydrogens is 292 g/mol. The smallest absolute Gasteiger partial charge is 0.133 e. The van der Waals surface area contributed by atoms with Gasteiger partial charge in [-0.1, -0.05) is 37.0 Å². The third-order valence-electron chi connectivity index (χ3n) is 7.74. The number of carbonyl (C=O) groups is 1. The summed E-state index contributed by atoms with van der Waals surface area (Å²) in [4.78, 5) is 12.1. The molecule has 0 bridgehead atoms. The largest absolute Gasteiger partial charge is 0.300 e. The Bertz CT molecular complexity index is 514. The van der Waals surface area contributed by atoms with Gasteiger partial charge in [0.2, 0.25) is 0 Å². The molecule has 2 fully saturated rings. The highest BCUT2D eigenvalue weighted by molar-refractivity contribution is 5.78. The van der Waals surface area contributed by atoms with Crippen molar-refractivity contribution in [2.24, 2.45) is 23.2 Å². The highest BCUT2D eigenvalue weighted by atomic mass is 16.1. The lowest BCUT2D eigenvalue weighted by atomic mass is 9.49. The van der Waals surface area contributed by atoms with Crippen molar-refractivity contribution in [3.8, 4) is 0 Å². The third-order valence-corrected chi connectivity index (χ3v) is 7.74. The number of fused-ring (bicyclic) bond motifs is 3. The van der Waals surface area contributed by atoms with Crippen molar-refractivity contribution >= 4 is 5.78 Å². The molecule has 134 valence electrons. The second-order valence-corrected chi connectivity index (χ2v) is 8.95. The zero-order chi connectivity index (χ0) is 17.2. The van der Waals surface area contributed by atoms with Gasteiger partial charge >= 0.3 is 0 Å². The van der Waals surface area contributed by atoms with Gasteiger partial charge < -0.3 is 0 Å². The van der Waals surface area contributed by atoms with Gasteiger partial charge in [0.25, 0.3) is 0 Å². The summed E-state index contributed by atoms with van der Waals surface area (Å²) in [7, 11) is 0. The van der Waals surface area contributed by atoms with Crippen LogP contribution in [0.3, 0.4) is 0 Å². The van der Waals surface area contributed by atoms with E-state index in [1.807, 2.05) is 6.08 Å². The van der Waals surface area contributed by atoms with Gasteiger partial charge in [0.15, 0.2) is 0 Å². The van der Waals surface area contributed by atoms with Gasteiger partial charge in [0.1, 0.15) is 5.78 Å². The van der Waals surface area contributed by atoms with E-state index in [0.717, 1.165) is 37.0 Å². The second-order valence-electron chi connectivity index (χ2n) is 8.95. The van der Waals surface area contributed by atoms with Crippen LogP contribution in [0.2, 0.25) is 0 Å². The van der Waals surface area contributed by atoms with E-state index in [-0.39, 0.29) is 0 Å². The molecule has 0 unspecified atom stereocenters. The summed E-state index contributed by atoms with van der Waals surface area (Å²) in [6, 6.07) is 0. The van der Waals surface area contributed by atoms with Crippen molar-refractivity contribution in [3.63, 3.8) is 0 Å². The molecule has 24 heavy (non-hydrogen) atoms. The molecule has 0 aromatic carbocycles. The first-order valence-electron chi connectivity index (χ1n) is 10.4. The maximum absolute atomic E-state index is 12.1. The predicted octanol–water partition coefficient (Wildman–Crippen LogP) is 6.63. The Morgan fingerprint density at radius 2 is 2.04 bits per heavy atom. The summed E-state index contributed by atoms with van der Waals surface area (Å²) < 4.78 is 0. The monoisotopic (exact) mass is 328 g/mol. The molecule has 0 aromatic heterocycles. The molecule has 4 atom stereocenters. The fraction of sp³-hybridized carbons (Fsp3) is 0.783. The van der Waals surface area contributed by atoms with Crippen LogP contribution < -0.4 is 0 Å². The summed E-state index contributed by atoms with van der Waals surface area (Å²) in [5.74, 6) is 3.07. The molecular formula is C23H36O. The molecule has 2 saturated carbocycles. The van der Waals surface area contributed by atoms with Crippen molar-refractivity contribution in [1.82, 2.24) is 0 Å². The highest BCUT2D eigenvalue weighted by Crippen LogP contribution is 2.60. The molecule has 0 aliphatic heterocycles. The van der Waals surface area contributed by atoms with Gasteiger partial charge in [0, 0.05) is 12.8 Å². The van der Waals surface area contributed by atoms with Crippen LogP contribution in [-0.2, 0) is 4.79 Å². The first kappa shape index (κ1) is 18.0. The Hall–Kier alpha value is -0.850. The van der Waals surface area contributed by atoms with E-state index in [1.165, 1.54) is 51.4 Å². The van der Waals surface area contributed by atoms with Gasteiger partial charge in [-0.25, -0.2) is 0 Å². The molecule has 0 amide bonds. The Morgan fingerprint density at radius 1 is 1.21 bits per heavy atom. The summed E-state index contributed by atoms with van der Waals surface area (Å²) in [6.45, 7) is 8.69. The maximum Gasteiger partial charge on any atom is 0.133 e. The van der Waals surface area contributed by atoms with Crippen LogP contribution in [-0.4, -0.2) is 5.78 Å². The topological polar surface area (TPSA) is 17.1 Å². The molecule has 1 nitrogen and oxygen atoms in total. The van der Waals surface area contributed by atoms with E-state index in [2.05, 4.69) is 20.4 Å². The van der Waals surface area contributed by atoms with Crippen LogP contribution in [0.25, 0.3) is 0 Å². The van der Waals surface area contributed by atoms with Gasteiger partial charge in [-0.3, -0.25) is 4.79 Å². The van der Waals surface area contributed by atoms with E-state index in [9.17, 15) is 4.79 Å². The Morgan fingerprint density at radius 3 is 2.83 bits per heavy atom. The number of hydrogen-bond acceptors (Lipinski definition) is 1. The van der Waals surface area contributed by atoms with Gasteiger partial charge in [-0.15, -0.1) is 6.58 Å². The zero-order valence-corrected chi connectivity index (χ0v) is 15.9. The fourth-order valence-corrected chi connectivity index (χ4v) is 6.29. The van der Waals surface area contributed by atoms with Crippen LogP contribution in [0.4, 0.5) is 0 Å². The first-order valence-corrected chi connectivity index (χ1v) is 10.4. The van der Waals surface area contributed by atoms with E-state index >= 15 is 0 Å². The van der Waals surface area contributed by atoms with Crippen LogP contribution >= 0.6 is 0 Å². The number of ketones is 1. The molecule has 3 aliphatic carbocycles. The number of rotatable bonds is 6. The summed E-state index contributed by atoms with van der Waals surface area (Å²) in [5, 5.41) is 0. The molecule has 0 heterocycles. The molecule has 1 heteroatoms. The minimum atomic E-state index is 0.426. The maximum atomic E-state index is 12.1. The SMILES string of the molecule is C=CCCC(=O)CCC1=C(C)CC[C@H]2[C@H]1CC[C@H]1CCCC[C@@]12C. The van der Waals surface area contributed by atoms with Crippen LogP contribution in [0.5, 0.6) is 0 Å². The van der Waals surface area contributed by atoms with Crippen molar-refractivity contribution in [1.29, 1.82) is 0 Å². The average Bonchev–Trinajstić information content (AvgIpc) is 2.58. The van der Waals surface area contributed by atoms with E-state index in [1.54, 1.807) is 11.1 Å². The first-order chi connectivity index (χ1) is 11.6. The second kappa shape index (κ2) is 7.58. The van der Waals surface area contributed by atoms with Gasteiger partial charge in [-0.2, -0.15) is 0 Å². The molecule has 0 saturated heterocycles. The van der Waals surface area contributed by atoms with Gasteiger partial charge in [0.05, 0.1) is 0 Å². The van der Waals surface area contributed by atoms with Crippen molar-refractivity contribution in [3.05, 3.63) is 23.8 Å². The van der Waals surface area contributed by atoms with Crippen molar-refractivity contribution < 1.29 is 4.79 Å². The quantitative estimate of drug-likeness (QED) is 0.500. The lowest BCUT2D eigenvalue weighted by molar-refractivity contribution is -0.119. The normalized spacial score (nSPS) is 36.0. The van der Waals surface area contributed by atoms with Crippen LogP contribution in [0.1, 0.15) is 90.9 Å². The van der Waals surface area contributed by atoms with E-state index in [4.69, 9.17) is 0 Å². The molecule has 0 spiro atoms. The van der Waals surface area contributed by atoms with E-state index < -0.39 is 0 Å². The summed E-state index contributed by atoms with van der Waals surface area (Å²) >= 11 is 0. The molecule has 3 rings (SSSR count). The zero-order valence-electron chi connectivity index (χ0n) is 15.9. The average molecular weight is 329 g/mol. The highest BCUT2D eigenvalue weighted by Gasteiger charge is 2.50. The lowest BCUT2D eigenvalue weighted by Gasteiger charge is -2.56. The van der Waals surface area contributed by atoms with E-state index in [0.29, 0.717) is 17.6 Å².